The normalized spacial score (nSPS) is 23.8. The van der Waals surface area contributed by atoms with Gasteiger partial charge >= 0.3 is 0 Å². The number of rotatable bonds is 0. The SMILES string of the molecule is C1=Nc2ccccc2C12COc1cc3c(cc12)OCO3. The highest BCUT2D eigenvalue weighted by molar-refractivity contribution is 5.91. The second-order valence-electron chi connectivity index (χ2n) is 5.24. The first-order valence-corrected chi connectivity index (χ1v) is 6.58. The smallest absolute Gasteiger partial charge is 0.231 e. The maximum Gasteiger partial charge on any atom is 0.231 e. The molecule has 0 aromatic heterocycles. The number of hydrogen-bond donors (Lipinski definition) is 0. The molecule has 2 aromatic rings. The summed E-state index contributed by atoms with van der Waals surface area (Å²) in [4.78, 5) is 4.55. The van der Waals surface area contributed by atoms with Gasteiger partial charge in [0.1, 0.15) is 12.4 Å². The van der Waals surface area contributed by atoms with Gasteiger partial charge in [-0.25, -0.2) is 0 Å². The summed E-state index contributed by atoms with van der Waals surface area (Å²) < 4.78 is 16.8. The van der Waals surface area contributed by atoms with Crippen LogP contribution in [0.2, 0.25) is 0 Å². The summed E-state index contributed by atoms with van der Waals surface area (Å²) in [6, 6.07) is 12.1. The first-order valence-electron chi connectivity index (χ1n) is 6.58. The van der Waals surface area contributed by atoms with Crippen LogP contribution in [0.5, 0.6) is 17.2 Å². The summed E-state index contributed by atoms with van der Waals surface area (Å²) in [7, 11) is 0. The lowest BCUT2D eigenvalue weighted by Crippen LogP contribution is -2.28. The minimum atomic E-state index is -0.285. The molecule has 3 aliphatic heterocycles. The Morgan fingerprint density at radius 1 is 0.900 bits per heavy atom. The molecule has 4 heteroatoms. The molecule has 0 saturated heterocycles. The Morgan fingerprint density at radius 3 is 2.70 bits per heavy atom. The average molecular weight is 265 g/mol. The molecule has 3 heterocycles. The van der Waals surface area contributed by atoms with E-state index in [0.717, 1.165) is 28.5 Å². The molecule has 0 amide bonds. The highest BCUT2D eigenvalue weighted by Crippen LogP contribution is 2.52. The fourth-order valence-corrected chi connectivity index (χ4v) is 3.20. The van der Waals surface area contributed by atoms with Crippen LogP contribution in [0.3, 0.4) is 0 Å². The fraction of sp³-hybridized carbons (Fsp3) is 0.188. The van der Waals surface area contributed by atoms with Crippen molar-refractivity contribution >= 4 is 11.9 Å². The molecule has 1 atom stereocenters. The highest BCUT2D eigenvalue weighted by Gasteiger charge is 2.46. The minimum absolute atomic E-state index is 0.274. The van der Waals surface area contributed by atoms with Gasteiger partial charge in [0.25, 0.3) is 0 Å². The maximum atomic E-state index is 5.89. The van der Waals surface area contributed by atoms with Gasteiger partial charge in [-0.15, -0.1) is 0 Å². The Hall–Kier alpha value is -2.49. The van der Waals surface area contributed by atoms with Crippen molar-refractivity contribution in [2.75, 3.05) is 13.4 Å². The molecule has 1 spiro atoms. The Kier molecular flexibility index (Phi) is 1.72. The molecule has 0 fully saturated rings. The van der Waals surface area contributed by atoms with Gasteiger partial charge in [-0.05, 0) is 17.7 Å². The first-order chi connectivity index (χ1) is 9.87. The molecular formula is C16H11NO3. The monoisotopic (exact) mass is 265 g/mol. The molecule has 20 heavy (non-hydrogen) atoms. The lowest BCUT2D eigenvalue weighted by Gasteiger charge is -2.20. The summed E-state index contributed by atoms with van der Waals surface area (Å²) in [5.74, 6) is 2.40. The van der Waals surface area contributed by atoms with Gasteiger partial charge in [0, 0.05) is 17.8 Å². The molecule has 98 valence electrons. The summed E-state index contributed by atoms with van der Waals surface area (Å²) >= 11 is 0. The molecule has 0 saturated carbocycles. The second-order valence-corrected chi connectivity index (χ2v) is 5.24. The molecule has 0 bridgehead atoms. The van der Waals surface area contributed by atoms with Crippen LogP contribution in [0.4, 0.5) is 5.69 Å². The molecule has 0 radical (unpaired) electrons. The van der Waals surface area contributed by atoms with Crippen molar-refractivity contribution in [3.05, 3.63) is 47.5 Å². The zero-order valence-corrected chi connectivity index (χ0v) is 10.6. The number of ether oxygens (including phenoxy) is 3. The van der Waals surface area contributed by atoms with Gasteiger partial charge in [-0.2, -0.15) is 0 Å². The quantitative estimate of drug-likeness (QED) is 0.735. The topological polar surface area (TPSA) is 40.0 Å². The van der Waals surface area contributed by atoms with Crippen LogP contribution < -0.4 is 14.2 Å². The van der Waals surface area contributed by atoms with Crippen molar-refractivity contribution in [1.82, 2.24) is 0 Å². The van der Waals surface area contributed by atoms with E-state index in [9.17, 15) is 0 Å². The Balaban J connectivity index is 1.77. The number of hydrogen-bond acceptors (Lipinski definition) is 4. The second kappa shape index (κ2) is 3.33. The zero-order chi connectivity index (χ0) is 13.2. The van der Waals surface area contributed by atoms with E-state index in [0.29, 0.717) is 6.61 Å². The van der Waals surface area contributed by atoms with Crippen molar-refractivity contribution in [2.45, 2.75) is 5.41 Å². The van der Waals surface area contributed by atoms with Crippen molar-refractivity contribution in [3.8, 4) is 17.2 Å². The largest absolute Gasteiger partial charge is 0.491 e. The van der Waals surface area contributed by atoms with Crippen LogP contribution in [0, 0.1) is 0 Å². The van der Waals surface area contributed by atoms with Gasteiger partial charge in [0.15, 0.2) is 11.5 Å². The van der Waals surface area contributed by atoms with Crippen molar-refractivity contribution in [1.29, 1.82) is 0 Å². The third-order valence-corrected chi connectivity index (χ3v) is 4.22. The van der Waals surface area contributed by atoms with Crippen molar-refractivity contribution < 1.29 is 14.2 Å². The van der Waals surface area contributed by atoms with E-state index in [1.165, 1.54) is 5.56 Å². The zero-order valence-electron chi connectivity index (χ0n) is 10.6. The molecule has 2 aromatic carbocycles. The van der Waals surface area contributed by atoms with Gasteiger partial charge in [-0.1, -0.05) is 18.2 Å². The van der Waals surface area contributed by atoms with Crippen LogP contribution in [0.15, 0.2) is 41.4 Å². The Labute approximate surface area is 115 Å². The van der Waals surface area contributed by atoms with E-state index < -0.39 is 0 Å². The number of para-hydroxylation sites is 1. The number of benzene rings is 2. The van der Waals surface area contributed by atoms with E-state index in [4.69, 9.17) is 14.2 Å². The average Bonchev–Trinajstić information content (AvgIpc) is 3.17. The summed E-state index contributed by atoms with van der Waals surface area (Å²) in [6.45, 7) is 0.849. The summed E-state index contributed by atoms with van der Waals surface area (Å²) in [5, 5.41) is 0. The van der Waals surface area contributed by atoms with Crippen LogP contribution in [-0.4, -0.2) is 19.6 Å². The Bertz CT molecular complexity index is 768. The Morgan fingerprint density at radius 2 is 1.75 bits per heavy atom. The lowest BCUT2D eigenvalue weighted by molar-refractivity contribution is 0.173. The van der Waals surface area contributed by atoms with Crippen LogP contribution in [0.25, 0.3) is 0 Å². The number of fused-ring (bicyclic) bond motifs is 5. The van der Waals surface area contributed by atoms with Crippen LogP contribution >= 0.6 is 0 Å². The molecule has 0 N–H and O–H groups in total. The summed E-state index contributed by atoms with van der Waals surface area (Å²) in [6.07, 6.45) is 1.99. The fourth-order valence-electron chi connectivity index (χ4n) is 3.20. The van der Waals surface area contributed by atoms with Crippen molar-refractivity contribution in [2.24, 2.45) is 4.99 Å². The molecule has 5 rings (SSSR count). The van der Waals surface area contributed by atoms with E-state index in [2.05, 4.69) is 11.1 Å². The predicted molar refractivity (Wildman–Crippen MR) is 73.4 cm³/mol. The third kappa shape index (κ3) is 1.10. The van der Waals surface area contributed by atoms with E-state index in [1.807, 2.05) is 36.5 Å². The highest BCUT2D eigenvalue weighted by atomic mass is 16.7. The third-order valence-electron chi connectivity index (χ3n) is 4.22. The number of nitrogens with zero attached hydrogens (tertiary/aromatic N) is 1. The maximum absolute atomic E-state index is 5.89. The van der Waals surface area contributed by atoms with E-state index in [-0.39, 0.29) is 12.2 Å². The van der Waals surface area contributed by atoms with Crippen LogP contribution in [0.1, 0.15) is 11.1 Å². The van der Waals surface area contributed by atoms with E-state index in [1.54, 1.807) is 0 Å². The molecule has 3 aliphatic rings. The first kappa shape index (κ1) is 10.3. The molecule has 4 nitrogen and oxygen atoms in total. The molecular weight excluding hydrogens is 254 g/mol. The van der Waals surface area contributed by atoms with Crippen LogP contribution in [-0.2, 0) is 5.41 Å². The minimum Gasteiger partial charge on any atom is -0.491 e. The standard InChI is InChI=1S/C16H11NO3/c1-2-4-12-10(3-1)16(7-17-12)8-18-13-6-15-14(5-11(13)16)19-9-20-15/h1-7H,8-9H2. The molecule has 1 unspecified atom stereocenters. The van der Waals surface area contributed by atoms with Gasteiger partial charge in [0.05, 0.1) is 11.1 Å². The van der Waals surface area contributed by atoms with E-state index >= 15 is 0 Å². The number of aliphatic imine (C=N–C) groups is 1. The lowest BCUT2D eigenvalue weighted by atomic mass is 9.78. The van der Waals surface area contributed by atoms with Gasteiger partial charge in [-0.3, -0.25) is 4.99 Å². The van der Waals surface area contributed by atoms with Gasteiger partial charge < -0.3 is 14.2 Å². The molecule has 0 aliphatic carbocycles. The van der Waals surface area contributed by atoms with Crippen molar-refractivity contribution in [3.63, 3.8) is 0 Å². The summed E-state index contributed by atoms with van der Waals surface area (Å²) in [5.41, 5.74) is 3.03. The predicted octanol–water partition coefficient (Wildman–Crippen LogP) is 2.81. The van der Waals surface area contributed by atoms with Gasteiger partial charge in [0.2, 0.25) is 6.79 Å².